The first-order chi connectivity index (χ1) is 14.8. The van der Waals surface area contributed by atoms with Gasteiger partial charge in [0, 0.05) is 5.56 Å². The van der Waals surface area contributed by atoms with E-state index in [9.17, 15) is 26.3 Å². The zero-order chi connectivity index (χ0) is 22.5. The quantitative estimate of drug-likeness (QED) is 0.201. The fourth-order valence-electron chi connectivity index (χ4n) is 3.22. The summed E-state index contributed by atoms with van der Waals surface area (Å²) in [6.45, 7) is 1.70. The molecule has 0 aliphatic carbocycles. The lowest BCUT2D eigenvalue weighted by Gasteiger charge is -2.12. The van der Waals surface area contributed by atoms with Crippen LogP contribution in [-0.4, -0.2) is 0 Å². The summed E-state index contributed by atoms with van der Waals surface area (Å²) in [6, 6.07) is 7.42. The monoisotopic (exact) mass is 438 g/mol. The third-order valence-electron chi connectivity index (χ3n) is 4.84. The molecule has 0 aromatic heterocycles. The number of benzene rings is 3. The number of hydrogen-bond acceptors (Lipinski definition) is 1. The first-order valence-corrected chi connectivity index (χ1v) is 9.84. The van der Waals surface area contributed by atoms with Gasteiger partial charge in [-0.2, -0.15) is 0 Å². The molecule has 31 heavy (non-hydrogen) atoms. The Morgan fingerprint density at radius 2 is 1.29 bits per heavy atom. The molecule has 1 nitrogen and oxygen atoms in total. The summed E-state index contributed by atoms with van der Waals surface area (Å²) in [5, 5.41) is 0. The van der Waals surface area contributed by atoms with Crippen molar-refractivity contribution in [2.45, 2.75) is 39.2 Å². The van der Waals surface area contributed by atoms with Gasteiger partial charge in [-0.05, 0) is 59.9 Å². The second kappa shape index (κ2) is 9.90. The van der Waals surface area contributed by atoms with E-state index in [0.29, 0.717) is 24.1 Å². The highest BCUT2D eigenvalue weighted by Crippen LogP contribution is 2.28. The Morgan fingerprint density at radius 3 is 1.87 bits per heavy atom. The molecule has 164 valence electrons. The molecule has 0 bridgehead atoms. The number of hydrogen-bond donors (Lipinski definition) is 0. The van der Waals surface area contributed by atoms with E-state index in [2.05, 4.69) is 0 Å². The van der Waals surface area contributed by atoms with Crippen molar-refractivity contribution in [3.63, 3.8) is 0 Å². The molecule has 0 amide bonds. The Hall–Kier alpha value is -2.96. The molecule has 3 rings (SSSR count). The van der Waals surface area contributed by atoms with Gasteiger partial charge in [0.15, 0.2) is 34.8 Å². The number of unbranched alkanes of at least 4 members (excludes halogenated alkanes) is 2. The van der Waals surface area contributed by atoms with Gasteiger partial charge in [-0.3, -0.25) is 0 Å². The topological polar surface area (TPSA) is 9.23 Å². The predicted octanol–water partition coefficient (Wildman–Crippen LogP) is 7.50. The summed E-state index contributed by atoms with van der Waals surface area (Å²) in [4.78, 5) is 0. The summed E-state index contributed by atoms with van der Waals surface area (Å²) >= 11 is 0. The van der Waals surface area contributed by atoms with Crippen molar-refractivity contribution < 1.29 is 31.1 Å². The van der Waals surface area contributed by atoms with Gasteiger partial charge in [-0.1, -0.05) is 31.9 Å². The predicted molar refractivity (Wildman–Crippen MR) is 106 cm³/mol. The second-order valence-corrected chi connectivity index (χ2v) is 7.20. The zero-order valence-corrected chi connectivity index (χ0v) is 16.8. The van der Waals surface area contributed by atoms with Crippen LogP contribution in [0, 0.1) is 34.9 Å². The number of ether oxygens (including phenoxy) is 1. The van der Waals surface area contributed by atoms with Crippen molar-refractivity contribution in [2.75, 3.05) is 0 Å². The molecule has 3 aromatic carbocycles. The van der Waals surface area contributed by atoms with E-state index in [-0.39, 0.29) is 23.3 Å². The molecular formula is C24H20F6O. The van der Waals surface area contributed by atoms with Gasteiger partial charge in [0.25, 0.3) is 0 Å². The van der Waals surface area contributed by atoms with Crippen molar-refractivity contribution >= 4 is 0 Å². The third-order valence-corrected chi connectivity index (χ3v) is 4.84. The average molecular weight is 438 g/mol. The molecule has 0 spiro atoms. The molecule has 0 unspecified atom stereocenters. The maximum atomic E-state index is 14.4. The molecule has 0 saturated heterocycles. The van der Waals surface area contributed by atoms with Crippen molar-refractivity contribution in [3.8, 4) is 16.9 Å². The van der Waals surface area contributed by atoms with Gasteiger partial charge in [0.2, 0.25) is 0 Å². The van der Waals surface area contributed by atoms with Crippen LogP contribution in [0.5, 0.6) is 5.75 Å². The maximum absolute atomic E-state index is 14.4. The lowest BCUT2D eigenvalue weighted by Crippen LogP contribution is -2.02. The van der Waals surface area contributed by atoms with Crippen LogP contribution in [0.1, 0.15) is 37.3 Å². The SMILES string of the molecule is CCCCCc1cc(F)c(OCc2ccc(-c3cc(F)c(F)c(F)c3)c(F)c2)c(F)c1. The highest BCUT2D eigenvalue weighted by atomic mass is 19.2. The van der Waals surface area contributed by atoms with Crippen LogP contribution in [0.15, 0.2) is 42.5 Å². The Labute approximate surface area is 176 Å². The van der Waals surface area contributed by atoms with E-state index in [1.165, 1.54) is 24.3 Å². The minimum Gasteiger partial charge on any atom is -0.483 e. The molecule has 7 heteroatoms. The second-order valence-electron chi connectivity index (χ2n) is 7.20. The lowest BCUT2D eigenvalue weighted by atomic mass is 10.0. The third kappa shape index (κ3) is 5.40. The first kappa shape index (κ1) is 22.7. The minimum atomic E-state index is -1.64. The lowest BCUT2D eigenvalue weighted by molar-refractivity contribution is 0.273. The van der Waals surface area contributed by atoms with Gasteiger partial charge in [-0.15, -0.1) is 0 Å². The molecule has 3 aromatic rings. The number of rotatable bonds is 8. The fourth-order valence-corrected chi connectivity index (χ4v) is 3.22. The van der Waals surface area contributed by atoms with Gasteiger partial charge in [0.1, 0.15) is 12.4 Å². The van der Waals surface area contributed by atoms with E-state index in [1.54, 1.807) is 0 Å². The molecule has 0 N–H and O–H groups in total. The minimum absolute atomic E-state index is 0.157. The summed E-state index contributed by atoms with van der Waals surface area (Å²) in [7, 11) is 0. The normalized spacial score (nSPS) is 11.1. The highest BCUT2D eigenvalue weighted by Gasteiger charge is 2.16. The molecular weight excluding hydrogens is 418 g/mol. The smallest absolute Gasteiger partial charge is 0.194 e. The van der Waals surface area contributed by atoms with Crippen LogP contribution < -0.4 is 4.74 Å². The Morgan fingerprint density at radius 1 is 0.677 bits per heavy atom. The van der Waals surface area contributed by atoms with Gasteiger partial charge in [-0.25, -0.2) is 26.3 Å². The van der Waals surface area contributed by atoms with Gasteiger partial charge >= 0.3 is 0 Å². The van der Waals surface area contributed by atoms with Crippen molar-refractivity contribution in [1.29, 1.82) is 0 Å². The standard InChI is InChI=1S/C24H20F6O/c1-2-3-4-5-14-8-21(28)24(22(29)9-14)31-13-15-6-7-17(18(25)10-15)16-11-19(26)23(30)20(27)12-16/h6-12H,2-5,13H2,1H3. The van der Waals surface area contributed by atoms with E-state index in [1.807, 2.05) is 6.92 Å². The maximum Gasteiger partial charge on any atom is 0.194 e. The average Bonchev–Trinajstić information content (AvgIpc) is 2.71. The van der Waals surface area contributed by atoms with Crippen molar-refractivity contribution in [1.82, 2.24) is 0 Å². The molecule has 0 aliphatic heterocycles. The summed E-state index contributed by atoms with van der Waals surface area (Å²) in [5.74, 6) is -7.63. The summed E-state index contributed by atoms with van der Waals surface area (Å²) in [5.41, 5.74) is 0.438. The largest absolute Gasteiger partial charge is 0.483 e. The number of halogens is 6. The highest BCUT2D eigenvalue weighted by molar-refractivity contribution is 5.64. The van der Waals surface area contributed by atoms with Crippen LogP contribution >= 0.6 is 0 Å². The van der Waals surface area contributed by atoms with E-state index in [4.69, 9.17) is 4.74 Å². The van der Waals surface area contributed by atoms with Crippen molar-refractivity contribution in [2.24, 2.45) is 0 Å². The molecule has 0 saturated carbocycles. The Balaban J connectivity index is 1.74. The van der Waals surface area contributed by atoms with Crippen LogP contribution in [0.4, 0.5) is 26.3 Å². The van der Waals surface area contributed by atoms with Crippen LogP contribution in [-0.2, 0) is 13.0 Å². The van der Waals surface area contributed by atoms with Crippen molar-refractivity contribution in [3.05, 3.63) is 88.5 Å². The summed E-state index contributed by atoms with van der Waals surface area (Å²) < 4.78 is 88.1. The molecule has 0 aliphatic rings. The molecule has 0 fully saturated rings. The molecule has 0 atom stereocenters. The Kier molecular flexibility index (Phi) is 7.25. The number of aryl methyl sites for hydroxylation is 1. The fraction of sp³-hybridized carbons (Fsp3) is 0.250. The zero-order valence-electron chi connectivity index (χ0n) is 16.8. The Bertz CT molecular complexity index is 1030. The molecule has 0 radical (unpaired) electrons. The van der Waals surface area contributed by atoms with Gasteiger partial charge < -0.3 is 4.74 Å². The van der Waals surface area contributed by atoms with E-state index in [0.717, 1.165) is 25.3 Å². The van der Waals surface area contributed by atoms with Crippen LogP contribution in [0.25, 0.3) is 11.1 Å². The van der Waals surface area contributed by atoms with Gasteiger partial charge in [0.05, 0.1) is 0 Å². The van der Waals surface area contributed by atoms with E-state index < -0.39 is 40.7 Å². The first-order valence-electron chi connectivity index (χ1n) is 9.84. The molecule has 0 heterocycles. The van der Waals surface area contributed by atoms with Crippen LogP contribution in [0.3, 0.4) is 0 Å². The van der Waals surface area contributed by atoms with E-state index >= 15 is 0 Å². The van der Waals surface area contributed by atoms with Crippen LogP contribution in [0.2, 0.25) is 0 Å². The summed E-state index contributed by atoms with van der Waals surface area (Å²) in [6.07, 6.45) is 3.33.